The average molecular weight is 203 g/mol. The van der Waals surface area contributed by atoms with Crippen molar-refractivity contribution in [3.05, 3.63) is 35.5 Å². The van der Waals surface area contributed by atoms with E-state index in [2.05, 4.69) is 18.8 Å². The second kappa shape index (κ2) is 3.42. The topological polar surface area (TPSA) is 53.1 Å². The number of hydrogen-bond acceptors (Lipinski definition) is 1. The number of carbonyl (C=O) groups is 1. The van der Waals surface area contributed by atoms with Gasteiger partial charge in [-0.15, -0.1) is 0 Å². The van der Waals surface area contributed by atoms with Crippen LogP contribution in [0.5, 0.6) is 0 Å². The van der Waals surface area contributed by atoms with Crippen molar-refractivity contribution in [1.82, 2.24) is 4.98 Å². The molecule has 0 radical (unpaired) electrons. The van der Waals surface area contributed by atoms with Crippen molar-refractivity contribution in [3.63, 3.8) is 0 Å². The first-order valence-electron chi connectivity index (χ1n) is 4.94. The molecule has 0 saturated heterocycles. The van der Waals surface area contributed by atoms with Gasteiger partial charge in [-0.1, -0.05) is 26.0 Å². The van der Waals surface area contributed by atoms with E-state index in [4.69, 9.17) is 5.11 Å². The van der Waals surface area contributed by atoms with Crippen molar-refractivity contribution < 1.29 is 9.90 Å². The molecule has 0 spiro atoms. The third-order valence-corrected chi connectivity index (χ3v) is 2.60. The van der Waals surface area contributed by atoms with Gasteiger partial charge in [-0.25, -0.2) is 4.79 Å². The molecular weight excluding hydrogens is 190 g/mol. The highest BCUT2D eigenvalue weighted by Crippen LogP contribution is 2.27. The molecule has 0 unspecified atom stereocenters. The second-order valence-electron chi connectivity index (χ2n) is 3.93. The van der Waals surface area contributed by atoms with Gasteiger partial charge in [0.15, 0.2) is 0 Å². The molecule has 1 heterocycles. The van der Waals surface area contributed by atoms with E-state index < -0.39 is 5.97 Å². The van der Waals surface area contributed by atoms with Crippen LogP contribution < -0.4 is 0 Å². The number of benzene rings is 1. The normalized spacial score (nSPS) is 11.1. The molecular formula is C12H13NO2. The number of carboxylic acid groups (broad SMARTS) is 1. The van der Waals surface area contributed by atoms with Crippen molar-refractivity contribution in [1.29, 1.82) is 0 Å². The number of hydrogen-bond donors (Lipinski definition) is 2. The molecule has 3 nitrogen and oxygen atoms in total. The molecule has 0 fully saturated rings. The maximum Gasteiger partial charge on any atom is 0.337 e. The van der Waals surface area contributed by atoms with Gasteiger partial charge in [0.05, 0.1) is 11.1 Å². The van der Waals surface area contributed by atoms with E-state index in [0.29, 0.717) is 17.0 Å². The molecule has 0 bridgehead atoms. The highest BCUT2D eigenvalue weighted by molar-refractivity contribution is 6.03. The number of H-pyrrole nitrogens is 1. The number of rotatable bonds is 2. The highest BCUT2D eigenvalue weighted by Gasteiger charge is 2.13. The molecule has 0 atom stereocenters. The maximum absolute atomic E-state index is 11.0. The predicted molar refractivity (Wildman–Crippen MR) is 59.3 cm³/mol. The molecule has 2 N–H and O–H groups in total. The van der Waals surface area contributed by atoms with E-state index in [0.717, 1.165) is 10.9 Å². The Hall–Kier alpha value is -1.77. The zero-order valence-corrected chi connectivity index (χ0v) is 8.74. The van der Waals surface area contributed by atoms with Crippen LogP contribution in [0, 0.1) is 0 Å². The summed E-state index contributed by atoms with van der Waals surface area (Å²) in [5, 5.41) is 10.0. The van der Waals surface area contributed by atoms with Crippen LogP contribution in [-0.2, 0) is 0 Å². The summed E-state index contributed by atoms with van der Waals surface area (Å²) in [7, 11) is 0. The highest BCUT2D eigenvalue weighted by atomic mass is 16.4. The molecule has 0 aliphatic heterocycles. The van der Waals surface area contributed by atoms with Crippen LogP contribution in [0.4, 0.5) is 0 Å². The Morgan fingerprint density at radius 1 is 1.40 bits per heavy atom. The van der Waals surface area contributed by atoms with Crippen LogP contribution in [0.3, 0.4) is 0 Å². The van der Waals surface area contributed by atoms with Gasteiger partial charge in [0, 0.05) is 11.6 Å². The SMILES string of the molecule is CC(C)c1c[nH]c2c(C(=O)O)cccc12. The third-order valence-electron chi connectivity index (χ3n) is 2.60. The van der Waals surface area contributed by atoms with E-state index in [-0.39, 0.29) is 0 Å². The molecule has 2 aromatic rings. The summed E-state index contributed by atoms with van der Waals surface area (Å²) in [6, 6.07) is 5.35. The van der Waals surface area contributed by atoms with Gasteiger partial charge in [-0.05, 0) is 17.5 Å². The maximum atomic E-state index is 11.0. The molecule has 2 rings (SSSR count). The standard InChI is InChI=1S/C12H13NO2/c1-7(2)10-6-13-11-8(10)4-3-5-9(11)12(14)15/h3-7,13H,1-2H3,(H,14,15). The summed E-state index contributed by atoms with van der Waals surface area (Å²) in [5.41, 5.74) is 2.21. The van der Waals surface area contributed by atoms with Gasteiger partial charge in [0.2, 0.25) is 0 Å². The van der Waals surface area contributed by atoms with Crippen molar-refractivity contribution in [2.24, 2.45) is 0 Å². The Morgan fingerprint density at radius 2 is 2.13 bits per heavy atom. The molecule has 0 aliphatic carbocycles. The number of carboxylic acids is 1. The van der Waals surface area contributed by atoms with Crippen molar-refractivity contribution >= 4 is 16.9 Å². The van der Waals surface area contributed by atoms with E-state index >= 15 is 0 Å². The molecule has 1 aromatic carbocycles. The lowest BCUT2D eigenvalue weighted by molar-refractivity contribution is 0.0699. The van der Waals surface area contributed by atoms with Gasteiger partial charge < -0.3 is 10.1 Å². The van der Waals surface area contributed by atoms with Gasteiger partial charge >= 0.3 is 5.97 Å². The summed E-state index contributed by atoms with van der Waals surface area (Å²) < 4.78 is 0. The minimum Gasteiger partial charge on any atom is -0.478 e. The molecule has 78 valence electrons. The quantitative estimate of drug-likeness (QED) is 0.788. The number of aromatic carboxylic acids is 1. The molecule has 15 heavy (non-hydrogen) atoms. The van der Waals surface area contributed by atoms with Crippen molar-refractivity contribution in [3.8, 4) is 0 Å². The number of nitrogens with one attached hydrogen (secondary N) is 1. The predicted octanol–water partition coefficient (Wildman–Crippen LogP) is 2.99. The van der Waals surface area contributed by atoms with Crippen LogP contribution in [0.25, 0.3) is 10.9 Å². The van der Waals surface area contributed by atoms with Crippen LogP contribution in [0.1, 0.15) is 35.7 Å². The van der Waals surface area contributed by atoms with Gasteiger partial charge in [0.25, 0.3) is 0 Å². The Balaban J connectivity index is 2.74. The molecule has 0 amide bonds. The summed E-state index contributed by atoms with van der Waals surface area (Å²) in [6.45, 7) is 4.19. The van der Waals surface area contributed by atoms with E-state index in [1.807, 2.05) is 12.3 Å². The summed E-state index contributed by atoms with van der Waals surface area (Å²) >= 11 is 0. The monoisotopic (exact) mass is 203 g/mol. The summed E-state index contributed by atoms with van der Waals surface area (Å²) in [6.07, 6.45) is 1.89. The largest absolute Gasteiger partial charge is 0.478 e. The fourth-order valence-electron chi connectivity index (χ4n) is 1.83. The average Bonchev–Trinajstić information content (AvgIpc) is 2.59. The summed E-state index contributed by atoms with van der Waals surface area (Å²) in [5.74, 6) is -0.499. The fraction of sp³-hybridized carbons (Fsp3) is 0.250. The zero-order chi connectivity index (χ0) is 11.0. The lowest BCUT2D eigenvalue weighted by atomic mass is 10.0. The Morgan fingerprint density at radius 3 is 2.73 bits per heavy atom. The Bertz CT molecular complexity index is 511. The first-order chi connectivity index (χ1) is 7.11. The van der Waals surface area contributed by atoms with Gasteiger partial charge in [-0.2, -0.15) is 0 Å². The molecule has 1 aromatic heterocycles. The van der Waals surface area contributed by atoms with Crippen LogP contribution in [0.15, 0.2) is 24.4 Å². The van der Waals surface area contributed by atoms with Crippen molar-refractivity contribution in [2.75, 3.05) is 0 Å². The number of fused-ring (bicyclic) bond motifs is 1. The zero-order valence-electron chi connectivity index (χ0n) is 8.74. The van der Waals surface area contributed by atoms with E-state index in [1.165, 1.54) is 0 Å². The second-order valence-corrected chi connectivity index (χ2v) is 3.93. The summed E-state index contributed by atoms with van der Waals surface area (Å²) in [4.78, 5) is 14.0. The number of para-hydroxylation sites is 1. The van der Waals surface area contributed by atoms with Crippen LogP contribution >= 0.6 is 0 Å². The Kier molecular flexibility index (Phi) is 2.23. The minimum absolute atomic E-state index is 0.333. The van der Waals surface area contributed by atoms with Gasteiger partial charge in [0.1, 0.15) is 0 Å². The minimum atomic E-state index is -0.891. The fourth-order valence-corrected chi connectivity index (χ4v) is 1.83. The van der Waals surface area contributed by atoms with E-state index in [9.17, 15) is 4.79 Å². The molecule has 0 saturated carbocycles. The van der Waals surface area contributed by atoms with Crippen LogP contribution in [0.2, 0.25) is 0 Å². The Labute approximate surface area is 87.7 Å². The lowest BCUT2D eigenvalue weighted by Gasteiger charge is -2.02. The lowest BCUT2D eigenvalue weighted by Crippen LogP contribution is -1.96. The first kappa shape index (κ1) is 9.77. The van der Waals surface area contributed by atoms with E-state index in [1.54, 1.807) is 12.1 Å². The van der Waals surface area contributed by atoms with Crippen LogP contribution in [-0.4, -0.2) is 16.1 Å². The molecule has 3 heteroatoms. The molecule has 0 aliphatic rings. The number of aromatic nitrogens is 1. The number of aromatic amines is 1. The third kappa shape index (κ3) is 1.50. The first-order valence-corrected chi connectivity index (χ1v) is 4.94. The smallest absolute Gasteiger partial charge is 0.337 e. The van der Waals surface area contributed by atoms with Gasteiger partial charge in [-0.3, -0.25) is 0 Å². The van der Waals surface area contributed by atoms with Crippen molar-refractivity contribution in [2.45, 2.75) is 19.8 Å².